The van der Waals surface area contributed by atoms with Crippen LogP contribution in [0.5, 0.6) is 0 Å². The lowest BCUT2D eigenvalue weighted by atomic mass is 10.3. The van der Waals surface area contributed by atoms with Crippen molar-refractivity contribution in [3.05, 3.63) is 11.6 Å². The molecule has 0 saturated heterocycles. The van der Waals surface area contributed by atoms with Crippen LogP contribution in [0.15, 0.2) is 0 Å². The van der Waals surface area contributed by atoms with Gasteiger partial charge in [0.15, 0.2) is 0 Å². The van der Waals surface area contributed by atoms with Crippen LogP contribution in [-0.2, 0) is 11.2 Å². The molecule has 0 bridgehead atoms. The van der Waals surface area contributed by atoms with Gasteiger partial charge in [0.1, 0.15) is 5.82 Å². The largest absolute Gasteiger partial charge is 0.481 e. The minimum Gasteiger partial charge on any atom is -0.481 e. The molecule has 0 aliphatic carbocycles. The molecule has 1 amide bonds. The maximum Gasteiger partial charge on any atom is 0.303 e. The van der Waals surface area contributed by atoms with Gasteiger partial charge >= 0.3 is 5.97 Å². The monoisotopic (exact) mass is 254 g/mol. The van der Waals surface area contributed by atoms with E-state index in [0.717, 1.165) is 12.8 Å². The second-order valence-corrected chi connectivity index (χ2v) is 4.08. The van der Waals surface area contributed by atoms with Crippen molar-refractivity contribution in [2.45, 2.75) is 32.6 Å². The highest BCUT2D eigenvalue weighted by molar-refractivity contribution is 5.90. The van der Waals surface area contributed by atoms with E-state index in [4.69, 9.17) is 5.11 Å². The SMILES string of the molecule is CCCc1nc(C(=O)N(C)CCCC(=O)O)n[nH]1. The van der Waals surface area contributed by atoms with Crippen LogP contribution in [-0.4, -0.2) is 50.7 Å². The standard InChI is InChI=1S/C11H18N4O3/c1-3-5-8-12-10(14-13-8)11(18)15(2)7-4-6-9(16)17/h3-7H2,1-2H3,(H,16,17)(H,12,13,14). The highest BCUT2D eigenvalue weighted by Gasteiger charge is 2.16. The summed E-state index contributed by atoms with van der Waals surface area (Å²) in [4.78, 5) is 27.8. The second kappa shape index (κ2) is 6.73. The maximum atomic E-state index is 11.9. The summed E-state index contributed by atoms with van der Waals surface area (Å²) in [5.41, 5.74) is 0. The van der Waals surface area contributed by atoms with Gasteiger partial charge in [0.25, 0.3) is 5.91 Å². The number of hydrogen-bond acceptors (Lipinski definition) is 4. The fraction of sp³-hybridized carbons (Fsp3) is 0.636. The molecule has 0 saturated carbocycles. The van der Waals surface area contributed by atoms with Crippen molar-refractivity contribution in [2.24, 2.45) is 0 Å². The first-order chi connectivity index (χ1) is 8.54. The van der Waals surface area contributed by atoms with Gasteiger partial charge in [-0.3, -0.25) is 14.7 Å². The molecule has 0 fully saturated rings. The van der Waals surface area contributed by atoms with Crippen molar-refractivity contribution in [1.29, 1.82) is 0 Å². The molecular formula is C11H18N4O3. The van der Waals surface area contributed by atoms with Crippen LogP contribution in [0.1, 0.15) is 42.6 Å². The van der Waals surface area contributed by atoms with Crippen LogP contribution in [0.3, 0.4) is 0 Å². The second-order valence-electron chi connectivity index (χ2n) is 4.08. The van der Waals surface area contributed by atoms with E-state index in [0.29, 0.717) is 18.8 Å². The number of nitrogens with one attached hydrogen (secondary N) is 1. The molecule has 0 aliphatic rings. The number of H-pyrrole nitrogens is 1. The van der Waals surface area contributed by atoms with Crippen molar-refractivity contribution in [3.8, 4) is 0 Å². The number of hydrogen-bond donors (Lipinski definition) is 2. The summed E-state index contributed by atoms with van der Waals surface area (Å²) in [6.07, 6.45) is 2.15. The molecular weight excluding hydrogens is 236 g/mol. The first-order valence-electron chi connectivity index (χ1n) is 5.93. The molecule has 1 heterocycles. The molecule has 0 spiro atoms. The number of aromatic amines is 1. The molecule has 100 valence electrons. The molecule has 1 aromatic heterocycles. The van der Waals surface area contributed by atoms with Crippen LogP contribution in [0.25, 0.3) is 0 Å². The Kier molecular flexibility index (Phi) is 5.29. The van der Waals surface area contributed by atoms with Gasteiger partial charge in [-0.25, -0.2) is 4.98 Å². The average molecular weight is 254 g/mol. The third kappa shape index (κ3) is 4.15. The molecule has 0 unspecified atom stereocenters. The molecule has 0 radical (unpaired) electrons. The minimum absolute atomic E-state index is 0.0483. The molecule has 7 nitrogen and oxygen atoms in total. The fourth-order valence-electron chi connectivity index (χ4n) is 1.48. The number of carboxylic acids is 1. The lowest BCUT2D eigenvalue weighted by molar-refractivity contribution is -0.137. The van der Waals surface area contributed by atoms with Crippen molar-refractivity contribution >= 4 is 11.9 Å². The zero-order valence-corrected chi connectivity index (χ0v) is 10.6. The van der Waals surface area contributed by atoms with E-state index in [2.05, 4.69) is 15.2 Å². The third-order valence-corrected chi connectivity index (χ3v) is 2.44. The van der Waals surface area contributed by atoms with Gasteiger partial charge in [0.2, 0.25) is 5.82 Å². The number of rotatable bonds is 7. The predicted molar refractivity (Wildman–Crippen MR) is 64.2 cm³/mol. The molecule has 2 N–H and O–H groups in total. The summed E-state index contributed by atoms with van der Waals surface area (Å²) in [6.45, 7) is 2.39. The van der Waals surface area contributed by atoms with Gasteiger partial charge in [-0.05, 0) is 12.8 Å². The number of carbonyl (C=O) groups excluding carboxylic acids is 1. The molecule has 0 aromatic carbocycles. The number of nitrogens with zero attached hydrogens (tertiary/aromatic N) is 3. The summed E-state index contributed by atoms with van der Waals surface area (Å²) in [7, 11) is 1.61. The van der Waals surface area contributed by atoms with Gasteiger partial charge in [-0.1, -0.05) is 6.92 Å². The maximum absolute atomic E-state index is 11.9. The Morgan fingerprint density at radius 3 is 2.78 bits per heavy atom. The molecule has 1 aromatic rings. The van der Waals surface area contributed by atoms with E-state index < -0.39 is 5.97 Å². The molecule has 0 atom stereocenters. The highest BCUT2D eigenvalue weighted by atomic mass is 16.4. The zero-order chi connectivity index (χ0) is 13.5. The quantitative estimate of drug-likeness (QED) is 0.746. The Hall–Kier alpha value is -1.92. The first-order valence-corrected chi connectivity index (χ1v) is 5.93. The lowest BCUT2D eigenvalue weighted by Gasteiger charge is -2.14. The predicted octanol–water partition coefficient (Wildman–Crippen LogP) is 0.694. The summed E-state index contributed by atoms with van der Waals surface area (Å²) in [6, 6.07) is 0. The number of aryl methyl sites for hydroxylation is 1. The average Bonchev–Trinajstić information content (AvgIpc) is 2.76. The van der Waals surface area contributed by atoms with Crippen molar-refractivity contribution in [3.63, 3.8) is 0 Å². The Labute approximate surface area is 105 Å². The smallest absolute Gasteiger partial charge is 0.303 e. The molecule has 1 rings (SSSR count). The van der Waals surface area contributed by atoms with Crippen molar-refractivity contribution in [1.82, 2.24) is 20.1 Å². The Morgan fingerprint density at radius 1 is 1.44 bits per heavy atom. The number of aliphatic carboxylic acids is 1. The third-order valence-electron chi connectivity index (χ3n) is 2.44. The van der Waals surface area contributed by atoms with Crippen LogP contribution < -0.4 is 0 Å². The topological polar surface area (TPSA) is 99.2 Å². The summed E-state index contributed by atoms with van der Waals surface area (Å²) >= 11 is 0. The lowest BCUT2D eigenvalue weighted by Crippen LogP contribution is -2.29. The number of amides is 1. The normalized spacial score (nSPS) is 10.3. The highest BCUT2D eigenvalue weighted by Crippen LogP contribution is 2.01. The van der Waals surface area contributed by atoms with Crippen LogP contribution in [0.2, 0.25) is 0 Å². The molecule has 0 aliphatic heterocycles. The zero-order valence-electron chi connectivity index (χ0n) is 10.6. The van der Waals surface area contributed by atoms with Gasteiger partial charge in [-0.2, -0.15) is 0 Å². The Bertz CT molecular complexity index is 416. The fourth-order valence-corrected chi connectivity index (χ4v) is 1.48. The number of aromatic nitrogens is 3. The van der Waals surface area contributed by atoms with Gasteiger partial charge in [0.05, 0.1) is 0 Å². The summed E-state index contributed by atoms with van der Waals surface area (Å²) in [5.74, 6) is -0.325. The Balaban J connectivity index is 2.48. The van der Waals surface area contributed by atoms with E-state index in [-0.39, 0.29) is 18.2 Å². The van der Waals surface area contributed by atoms with Crippen LogP contribution in [0, 0.1) is 0 Å². The van der Waals surface area contributed by atoms with E-state index in [1.165, 1.54) is 4.90 Å². The van der Waals surface area contributed by atoms with Gasteiger partial charge < -0.3 is 10.0 Å². The van der Waals surface area contributed by atoms with Crippen molar-refractivity contribution < 1.29 is 14.7 Å². The molecule has 18 heavy (non-hydrogen) atoms. The van der Waals surface area contributed by atoms with Crippen molar-refractivity contribution in [2.75, 3.05) is 13.6 Å². The van der Waals surface area contributed by atoms with Gasteiger partial charge in [-0.15, -0.1) is 5.10 Å². The number of carbonyl (C=O) groups is 2. The van der Waals surface area contributed by atoms with E-state index in [1.54, 1.807) is 7.05 Å². The first kappa shape index (κ1) is 14.1. The van der Waals surface area contributed by atoms with Crippen LogP contribution in [0.4, 0.5) is 0 Å². The minimum atomic E-state index is -0.862. The molecule has 7 heteroatoms. The van der Waals surface area contributed by atoms with E-state index >= 15 is 0 Å². The van der Waals surface area contributed by atoms with E-state index in [1.807, 2.05) is 6.92 Å². The Morgan fingerprint density at radius 2 is 2.17 bits per heavy atom. The number of carboxylic acid groups (broad SMARTS) is 1. The summed E-state index contributed by atoms with van der Waals surface area (Å²) in [5, 5.41) is 15.1. The summed E-state index contributed by atoms with van der Waals surface area (Å²) < 4.78 is 0. The van der Waals surface area contributed by atoms with Crippen LogP contribution >= 0.6 is 0 Å². The van der Waals surface area contributed by atoms with E-state index in [9.17, 15) is 9.59 Å². The van der Waals surface area contributed by atoms with Gasteiger partial charge in [0, 0.05) is 26.4 Å².